The zero-order chi connectivity index (χ0) is 16.1. The van der Waals surface area contributed by atoms with E-state index in [1.165, 1.54) is 18.7 Å². The molecule has 22 heavy (non-hydrogen) atoms. The number of carbonyl (C=O) groups is 3. The van der Waals surface area contributed by atoms with Gasteiger partial charge in [0.15, 0.2) is 5.78 Å². The molecule has 0 bridgehead atoms. The molecule has 1 saturated heterocycles. The van der Waals surface area contributed by atoms with E-state index in [1.54, 1.807) is 24.3 Å². The third kappa shape index (κ3) is 4.83. The van der Waals surface area contributed by atoms with Gasteiger partial charge in [-0.25, -0.2) is 0 Å². The van der Waals surface area contributed by atoms with E-state index in [0.29, 0.717) is 11.3 Å². The average Bonchev–Trinajstić information content (AvgIpc) is 2.44. The SMILES string of the molecule is CC(=O)c1cccc(NC(=O)CSC2NC(=O)CC(N)N2)c1. The molecule has 7 nitrogen and oxygen atoms in total. The standard InChI is InChI=1S/C14H18N4O3S/c1-8(19)9-3-2-4-10(5-9)16-13(21)7-22-14-17-11(15)6-12(20)18-14/h2-5,11,14,17H,6-7,15H2,1H3,(H,16,21)(H,18,20). The van der Waals surface area contributed by atoms with Gasteiger partial charge in [-0.3, -0.25) is 19.7 Å². The average molecular weight is 322 g/mol. The molecule has 1 aliphatic heterocycles. The number of amides is 2. The van der Waals surface area contributed by atoms with Crippen LogP contribution in [0, 0.1) is 0 Å². The number of rotatable bonds is 5. The van der Waals surface area contributed by atoms with Crippen LogP contribution in [-0.2, 0) is 9.59 Å². The van der Waals surface area contributed by atoms with Crippen LogP contribution in [0.4, 0.5) is 5.69 Å². The van der Waals surface area contributed by atoms with Crippen molar-refractivity contribution in [2.24, 2.45) is 5.73 Å². The molecule has 5 N–H and O–H groups in total. The summed E-state index contributed by atoms with van der Waals surface area (Å²) in [6.45, 7) is 1.47. The van der Waals surface area contributed by atoms with E-state index in [4.69, 9.17) is 5.73 Å². The van der Waals surface area contributed by atoms with Crippen LogP contribution in [0.15, 0.2) is 24.3 Å². The molecule has 0 radical (unpaired) electrons. The second-order valence-corrected chi connectivity index (χ2v) is 6.01. The second kappa shape index (κ2) is 7.39. The number of nitrogens with two attached hydrogens (primary N) is 1. The van der Waals surface area contributed by atoms with Crippen LogP contribution in [-0.4, -0.2) is 35.0 Å². The van der Waals surface area contributed by atoms with Gasteiger partial charge < -0.3 is 16.4 Å². The van der Waals surface area contributed by atoms with Gasteiger partial charge in [-0.1, -0.05) is 12.1 Å². The molecule has 2 atom stereocenters. The van der Waals surface area contributed by atoms with Crippen LogP contribution in [0.2, 0.25) is 0 Å². The maximum Gasteiger partial charge on any atom is 0.234 e. The number of ketones is 1. The van der Waals surface area contributed by atoms with Crippen molar-refractivity contribution in [1.82, 2.24) is 10.6 Å². The first kappa shape index (κ1) is 16.5. The first-order chi connectivity index (χ1) is 10.4. The normalized spacial score (nSPS) is 21.1. The van der Waals surface area contributed by atoms with Crippen molar-refractivity contribution in [2.75, 3.05) is 11.1 Å². The molecular weight excluding hydrogens is 304 g/mol. The molecule has 1 aromatic rings. The Morgan fingerprint density at radius 3 is 2.91 bits per heavy atom. The van der Waals surface area contributed by atoms with Crippen molar-refractivity contribution in [1.29, 1.82) is 0 Å². The topological polar surface area (TPSA) is 113 Å². The monoisotopic (exact) mass is 322 g/mol. The Labute approximate surface area is 132 Å². The summed E-state index contributed by atoms with van der Waals surface area (Å²) in [6, 6.07) is 6.74. The quantitative estimate of drug-likeness (QED) is 0.578. The maximum absolute atomic E-state index is 11.9. The molecular formula is C14H18N4O3S. The number of hydrogen-bond donors (Lipinski definition) is 4. The third-order valence-electron chi connectivity index (χ3n) is 3.00. The Kier molecular flexibility index (Phi) is 5.53. The van der Waals surface area contributed by atoms with E-state index in [2.05, 4.69) is 16.0 Å². The van der Waals surface area contributed by atoms with Crippen molar-refractivity contribution in [3.05, 3.63) is 29.8 Å². The summed E-state index contributed by atoms with van der Waals surface area (Å²) < 4.78 is 0. The summed E-state index contributed by atoms with van der Waals surface area (Å²) in [6.07, 6.45) is -0.178. The van der Waals surface area contributed by atoms with Crippen LogP contribution in [0.1, 0.15) is 23.7 Å². The Morgan fingerprint density at radius 2 is 2.23 bits per heavy atom. The predicted octanol–water partition coefficient (Wildman–Crippen LogP) is 0.239. The van der Waals surface area contributed by atoms with Gasteiger partial charge in [0, 0.05) is 11.3 Å². The molecule has 1 heterocycles. The molecule has 0 aromatic heterocycles. The predicted molar refractivity (Wildman–Crippen MR) is 85.2 cm³/mol. The molecule has 8 heteroatoms. The van der Waals surface area contributed by atoms with Gasteiger partial charge in [0.2, 0.25) is 11.8 Å². The number of anilines is 1. The van der Waals surface area contributed by atoms with Crippen molar-refractivity contribution >= 4 is 35.0 Å². The van der Waals surface area contributed by atoms with Crippen LogP contribution in [0.3, 0.4) is 0 Å². The number of carbonyl (C=O) groups excluding carboxylic acids is 3. The van der Waals surface area contributed by atoms with Gasteiger partial charge in [0.05, 0.1) is 18.3 Å². The van der Waals surface area contributed by atoms with E-state index < -0.39 is 6.17 Å². The number of nitrogens with one attached hydrogen (secondary N) is 3. The highest BCUT2D eigenvalue weighted by atomic mass is 32.2. The zero-order valence-corrected chi connectivity index (χ0v) is 12.9. The molecule has 0 saturated carbocycles. The number of benzene rings is 1. The van der Waals surface area contributed by atoms with E-state index >= 15 is 0 Å². The first-order valence-electron chi connectivity index (χ1n) is 6.77. The number of Topliss-reactive ketones (excluding diaryl/α,β-unsaturated/α-hetero) is 1. The van der Waals surface area contributed by atoms with Crippen molar-refractivity contribution in [3.8, 4) is 0 Å². The van der Waals surface area contributed by atoms with Crippen LogP contribution >= 0.6 is 11.8 Å². The summed E-state index contributed by atoms with van der Waals surface area (Å²) in [7, 11) is 0. The summed E-state index contributed by atoms with van der Waals surface area (Å²) in [5.41, 5.74) is 6.39. The lowest BCUT2D eigenvalue weighted by molar-refractivity contribution is -0.123. The Bertz CT molecular complexity index is 593. The highest BCUT2D eigenvalue weighted by Crippen LogP contribution is 2.14. The van der Waals surface area contributed by atoms with E-state index in [9.17, 15) is 14.4 Å². The molecule has 1 aromatic carbocycles. The van der Waals surface area contributed by atoms with Gasteiger partial charge >= 0.3 is 0 Å². The summed E-state index contributed by atoms with van der Waals surface area (Å²) in [5.74, 6) is -0.276. The van der Waals surface area contributed by atoms with Gasteiger partial charge in [0.1, 0.15) is 5.50 Å². The molecule has 2 amide bonds. The van der Waals surface area contributed by atoms with Crippen LogP contribution < -0.4 is 21.7 Å². The van der Waals surface area contributed by atoms with E-state index in [-0.39, 0.29) is 35.3 Å². The Balaban J connectivity index is 1.84. The van der Waals surface area contributed by atoms with Gasteiger partial charge in [-0.15, -0.1) is 11.8 Å². The fraction of sp³-hybridized carbons (Fsp3) is 0.357. The van der Waals surface area contributed by atoms with Gasteiger partial charge in [-0.05, 0) is 19.1 Å². The van der Waals surface area contributed by atoms with Gasteiger partial charge in [0.25, 0.3) is 0 Å². The largest absolute Gasteiger partial charge is 0.332 e. The number of thioether (sulfide) groups is 1. The Morgan fingerprint density at radius 1 is 1.45 bits per heavy atom. The molecule has 118 valence electrons. The fourth-order valence-electron chi connectivity index (χ4n) is 1.96. The van der Waals surface area contributed by atoms with Crippen molar-refractivity contribution in [2.45, 2.75) is 25.0 Å². The molecule has 0 spiro atoms. The summed E-state index contributed by atoms with van der Waals surface area (Å²) in [5, 5.41) is 8.39. The van der Waals surface area contributed by atoms with Crippen molar-refractivity contribution in [3.63, 3.8) is 0 Å². The Hall–Kier alpha value is -1.90. The minimum Gasteiger partial charge on any atom is -0.332 e. The minimum atomic E-state index is -0.401. The van der Waals surface area contributed by atoms with E-state index in [0.717, 1.165) is 0 Å². The minimum absolute atomic E-state index is 0.0615. The molecule has 1 fully saturated rings. The summed E-state index contributed by atoms with van der Waals surface area (Å²) in [4.78, 5) is 34.6. The van der Waals surface area contributed by atoms with E-state index in [1.807, 2.05) is 0 Å². The number of hydrogen-bond acceptors (Lipinski definition) is 6. The summed E-state index contributed by atoms with van der Waals surface area (Å²) >= 11 is 1.24. The highest BCUT2D eigenvalue weighted by molar-refractivity contribution is 8.00. The van der Waals surface area contributed by atoms with Crippen molar-refractivity contribution < 1.29 is 14.4 Å². The molecule has 2 rings (SSSR count). The lowest BCUT2D eigenvalue weighted by Crippen LogP contribution is -2.58. The fourth-order valence-corrected chi connectivity index (χ4v) is 2.84. The van der Waals surface area contributed by atoms with Crippen LogP contribution in [0.5, 0.6) is 0 Å². The molecule has 2 unspecified atom stereocenters. The lowest BCUT2D eigenvalue weighted by atomic mass is 10.1. The second-order valence-electron chi connectivity index (χ2n) is 4.92. The first-order valence-corrected chi connectivity index (χ1v) is 7.82. The highest BCUT2D eigenvalue weighted by Gasteiger charge is 2.23. The zero-order valence-electron chi connectivity index (χ0n) is 12.1. The smallest absolute Gasteiger partial charge is 0.234 e. The maximum atomic E-state index is 11.9. The molecule has 1 aliphatic rings. The lowest BCUT2D eigenvalue weighted by Gasteiger charge is -2.28. The van der Waals surface area contributed by atoms with Crippen LogP contribution in [0.25, 0.3) is 0 Å². The molecule has 0 aliphatic carbocycles. The van der Waals surface area contributed by atoms with Gasteiger partial charge in [-0.2, -0.15) is 0 Å². The third-order valence-corrected chi connectivity index (χ3v) is 4.01.